The zero-order valence-electron chi connectivity index (χ0n) is 14.5. The van der Waals surface area contributed by atoms with Gasteiger partial charge in [-0.15, -0.1) is 0 Å². The van der Waals surface area contributed by atoms with Crippen LogP contribution in [0.5, 0.6) is 5.75 Å². The molecular weight excluding hydrogens is 348 g/mol. The van der Waals surface area contributed by atoms with Gasteiger partial charge in [-0.25, -0.2) is 0 Å². The van der Waals surface area contributed by atoms with Gasteiger partial charge >= 0.3 is 0 Å². The zero-order chi connectivity index (χ0) is 18.7. The van der Waals surface area contributed by atoms with Crippen LogP contribution in [0.2, 0.25) is 0 Å². The molecule has 0 aliphatic carbocycles. The fourth-order valence-corrected chi connectivity index (χ4v) is 2.60. The first-order valence-electron chi connectivity index (χ1n) is 8.07. The van der Waals surface area contributed by atoms with Gasteiger partial charge in [0.05, 0.1) is 0 Å². The quantitative estimate of drug-likeness (QED) is 0.514. The summed E-state index contributed by atoms with van der Waals surface area (Å²) >= 11 is 4.92. The van der Waals surface area contributed by atoms with Crippen molar-refractivity contribution in [2.45, 2.75) is 13.5 Å². The average molecular weight is 366 g/mol. The van der Waals surface area contributed by atoms with Crippen LogP contribution in [0.3, 0.4) is 0 Å². The number of amides is 2. The first-order valence-corrected chi connectivity index (χ1v) is 8.48. The molecule has 3 rings (SSSR count). The zero-order valence-corrected chi connectivity index (χ0v) is 15.3. The predicted octanol–water partition coefficient (Wildman–Crippen LogP) is 2.83. The van der Waals surface area contributed by atoms with Crippen LogP contribution in [-0.2, 0) is 16.2 Å². The van der Waals surface area contributed by atoms with Gasteiger partial charge in [0.2, 0.25) is 0 Å². The van der Waals surface area contributed by atoms with E-state index in [4.69, 9.17) is 17.0 Å². The van der Waals surface area contributed by atoms with Gasteiger partial charge in [-0.3, -0.25) is 19.8 Å². The van der Waals surface area contributed by atoms with Crippen molar-refractivity contribution >= 4 is 35.2 Å². The molecule has 0 bridgehead atoms. The van der Waals surface area contributed by atoms with Crippen LogP contribution >= 0.6 is 12.2 Å². The molecule has 1 heterocycles. The lowest BCUT2D eigenvalue weighted by molar-refractivity contribution is -0.128. The molecule has 26 heavy (non-hydrogen) atoms. The molecule has 0 spiro atoms. The van der Waals surface area contributed by atoms with E-state index < -0.39 is 11.8 Å². The molecule has 132 valence electrons. The summed E-state index contributed by atoms with van der Waals surface area (Å²) in [6, 6.07) is 15.4. The molecule has 1 N–H and O–H groups in total. The van der Waals surface area contributed by atoms with Gasteiger partial charge in [0.15, 0.2) is 5.11 Å². The molecule has 1 saturated heterocycles. The molecule has 2 amide bonds. The van der Waals surface area contributed by atoms with E-state index in [1.807, 2.05) is 31.2 Å². The topological polar surface area (TPSA) is 58.6 Å². The van der Waals surface area contributed by atoms with E-state index in [-0.39, 0.29) is 10.7 Å². The summed E-state index contributed by atoms with van der Waals surface area (Å²) in [5.41, 5.74) is 3.07. The molecule has 0 saturated carbocycles. The fourth-order valence-electron chi connectivity index (χ4n) is 2.42. The van der Waals surface area contributed by atoms with Crippen molar-refractivity contribution in [3.63, 3.8) is 0 Å². The Morgan fingerprint density at radius 2 is 1.73 bits per heavy atom. The van der Waals surface area contributed by atoms with E-state index in [1.165, 1.54) is 17.5 Å². The van der Waals surface area contributed by atoms with E-state index in [2.05, 4.69) is 5.32 Å². The summed E-state index contributed by atoms with van der Waals surface area (Å²) < 4.78 is 5.76. The molecule has 6 heteroatoms. The van der Waals surface area contributed by atoms with Crippen LogP contribution < -0.4 is 10.1 Å². The van der Waals surface area contributed by atoms with E-state index in [9.17, 15) is 9.59 Å². The molecule has 1 aliphatic heterocycles. The lowest BCUT2D eigenvalue weighted by Gasteiger charge is -2.25. The Balaban J connectivity index is 1.69. The number of thiocarbonyl (C=S) groups is 1. The Kier molecular flexibility index (Phi) is 5.14. The summed E-state index contributed by atoms with van der Waals surface area (Å²) in [6.07, 6.45) is 1.54. The van der Waals surface area contributed by atoms with Gasteiger partial charge in [0.25, 0.3) is 11.8 Å². The van der Waals surface area contributed by atoms with Gasteiger partial charge in [-0.1, -0.05) is 42.0 Å². The van der Waals surface area contributed by atoms with Crippen LogP contribution in [-0.4, -0.2) is 28.9 Å². The molecule has 1 fully saturated rings. The summed E-state index contributed by atoms with van der Waals surface area (Å²) in [5, 5.41) is 2.60. The highest BCUT2D eigenvalue weighted by Gasteiger charge is 2.30. The summed E-state index contributed by atoms with van der Waals surface area (Å²) in [4.78, 5) is 25.4. The second-order valence-corrected chi connectivity index (χ2v) is 6.41. The number of hydrogen-bond donors (Lipinski definition) is 1. The van der Waals surface area contributed by atoms with Crippen LogP contribution in [0.25, 0.3) is 6.08 Å². The maximum atomic E-state index is 12.2. The van der Waals surface area contributed by atoms with Gasteiger partial charge in [-0.2, -0.15) is 0 Å². The third-order valence-electron chi connectivity index (χ3n) is 4.02. The van der Waals surface area contributed by atoms with Gasteiger partial charge in [0, 0.05) is 7.05 Å². The summed E-state index contributed by atoms with van der Waals surface area (Å²) in [5.74, 6) is -0.193. The smallest absolute Gasteiger partial charge is 0.265 e. The lowest BCUT2D eigenvalue weighted by atomic mass is 10.1. The van der Waals surface area contributed by atoms with Crippen molar-refractivity contribution in [1.82, 2.24) is 10.2 Å². The highest BCUT2D eigenvalue weighted by Crippen LogP contribution is 2.18. The monoisotopic (exact) mass is 366 g/mol. The van der Waals surface area contributed by atoms with Crippen molar-refractivity contribution in [2.75, 3.05) is 7.05 Å². The Bertz CT molecular complexity index is 886. The number of carbonyl (C=O) groups excluding carboxylic acids is 2. The maximum absolute atomic E-state index is 12.2. The molecular formula is C20H18N2O3S. The summed E-state index contributed by atoms with van der Waals surface area (Å²) in [6.45, 7) is 2.52. The standard InChI is InChI=1S/C20H18N2O3S/c1-13-3-5-15(6-4-13)12-25-16-9-7-14(8-10-16)11-17-18(23)21-20(26)22(2)19(17)24/h3-11H,12H2,1-2H3,(H,21,23,26). The molecule has 0 atom stereocenters. The van der Waals surface area contributed by atoms with Crippen molar-refractivity contribution < 1.29 is 14.3 Å². The van der Waals surface area contributed by atoms with E-state index in [0.29, 0.717) is 12.4 Å². The minimum atomic E-state index is -0.488. The van der Waals surface area contributed by atoms with Crippen molar-refractivity contribution in [1.29, 1.82) is 0 Å². The first-order chi connectivity index (χ1) is 12.4. The minimum absolute atomic E-state index is 0.0504. The molecule has 2 aromatic rings. The Hall–Kier alpha value is -2.99. The number of nitrogens with zero attached hydrogens (tertiary/aromatic N) is 1. The van der Waals surface area contributed by atoms with Crippen LogP contribution in [0, 0.1) is 6.92 Å². The van der Waals surface area contributed by atoms with E-state index in [1.54, 1.807) is 30.3 Å². The molecule has 1 aliphatic rings. The third-order valence-corrected chi connectivity index (χ3v) is 4.40. The molecule has 5 nitrogen and oxygen atoms in total. The normalized spacial score (nSPS) is 16.0. The second-order valence-electron chi connectivity index (χ2n) is 6.02. The van der Waals surface area contributed by atoms with Crippen molar-refractivity contribution in [3.05, 3.63) is 70.8 Å². The Labute approximate surface area is 157 Å². The van der Waals surface area contributed by atoms with Gasteiger partial charge in [0.1, 0.15) is 17.9 Å². The molecule has 2 aromatic carbocycles. The third kappa shape index (κ3) is 3.97. The minimum Gasteiger partial charge on any atom is -0.489 e. The molecule has 0 unspecified atom stereocenters. The maximum Gasteiger partial charge on any atom is 0.265 e. The lowest BCUT2D eigenvalue weighted by Crippen LogP contribution is -2.52. The number of hydrogen-bond acceptors (Lipinski definition) is 4. The number of likely N-dealkylation sites (N-methyl/N-ethyl adjacent to an activating group) is 1. The molecule has 0 radical (unpaired) electrons. The highest BCUT2D eigenvalue weighted by molar-refractivity contribution is 7.80. The molecule has 0 aromatic heterocycles. The van der Waals surface area contributed by atoms with E-state index >= 15 is 0 Å². The summed E-state index contributed by atoms with van der Waals surface area (Å²) in [7, 11) is 1.53. The van der Waals surface area contributed by atoms with Gasteiger partial charge < -0.3 is 4.74 Å². The Morgan fingerprint density at radius 3 is 2.38 bits per heavy atom. The number of carbonyl (C=O) groups is 2. The average Bonchev–Trinajstić information content (AvgIpc) is 2.64. The fraction of sp³-hybridized carbons (Fsp3) is 0.150. The van der Waals surface area contributed by atoms with E-state index in [0.717, 1.165) is 11.1 Å². The second kappa shape index (κ2) is 7.49. The number of rotatable bonds is 4. The van der Waals surface area contributed by atoms with Crippen LogP contribution in [0.15, 0.2) is 54.1 Å². The Morgan fingerprint density at radius 1 is 1.08 bits per heavy atom. The highest BCUT2D eigenvalue weighted by atomic mass is 32.1. The number of benzene rings is 2. The van der Waals surface area contributed by atoms with Crippen LogP contribution in [0.4, 0.5) is 0 Å². The predicted molar refractivity (Wildman–Crippen MR) is 103 cm³/mol. The van der Waals surface area contributed by atoms with Gasteiger partial charge in [-0.05, 0) is 48.5 Å². The van der Waals surface area contributed by atoms with Crippen molar-refractivity contribution in [3.8, 4) is 5.75 Å². The SMILES string of the molecule is Cc1ccc(COc2ccc(C=C3C(=O)NC(=S)N(C)C3=O)cc2)cc1. The largest absolute Gasteiger partial charge is 0.489 e. The number of aryl methyl sites for hydroxylation is 1. The van der Waals surface area contributed by atoms with Crippen LogP contribution in [0.1, 0.15) is 16.7 Å². The number of nitrogens with one attached hydrogen (secondary N) is 1. The van der Waals surface area contributed by atoms with Crippen molar-refractivity contribution in [2.24, 2.45) is 0 Å². The number of ether oxygens (including phenoxy) is 1. The first kappa shape index (κ1) is 17.8.